The highest BCUT2D eigenvalue weighted by Gasteiger charge is 2.37. The van der Waals surface area contributed by atoms with E-state index in [0.29, 0.717) is 0 Å². The van der Waals surface area contributed by atoms with E-state index in [4.69, 9.17) is 12.2 Å². The molecule has 0 bridgehead atoms. The minimum Gasteiger partial charge on any atom is -0.550 e. The van der Waals surface area contributed by atoms with Crippen LogP contribution >= 0.6 is 24.0 Å². The Morgan fingerprint density at radius 1 is 1.29 bits per heavy atom. The van der Waals surface area contributed by atoms with Crippen LogP contribution in [0.2, 0.25) is 0 Å². The van der Waals surface area contributed by atoms with E-state index in [1.165, 1.54) is 0 Å². The summed E-state index contributed by atoms with van der Waals surface area (Å²) in [4.78, 5) is 35.5. The topological polar surface area (TPSA) is 101 Å². The number of carbonyl (C=O) groups is 3. The van der Waals surface area contributed by atoms with Crippen LogP contribution in [0.5, 0.6) is 0 Å². The maximum Gasteiger partial charge on any atom is 0.266 e. The van der Waals surface area contributed by atoms with E-state index >= 15 is 0 Å². The molecular formula is C16H13NO5S2-2. The van der Waals surface area contributed by atoms with Gasteiger partial charge in [0.15, 0.2) is 0 Å². The average molecular weight is 363 g/mol. The lowest BCUT2D eigenvalue weighted by Crippen LogP contribution is -2.50. The molecule has 1 amide bonds. The predicted octanol–water partition coefficient (Wildman–Crippen LogP) is -0.155. The van der Waals surface area contributed by atoms with Crippen molar-refractivity contribution >= 4 is 52.2 Å². The molecule has 1 atom stereocenters. The van der Waals surface area contributed by atoms with Gasteiger partial charge in [-0.15, -0.1) is 0 Å². The molecule has 1 heterocycles. The summed E-state index contributed by atoms with van der Waals surface area (Å²) in [5.41, 5.74) is 1.85. The molecule has 8 heteroatoms. The summed E-state index contributed by atoms with van der Waals surface area (Å²) in [6, 6.07) is 5.99. The number of amides is 1. The predicted molar refractivity (Wildman–Crippen MR) is 89.2 cm³/mol. The number of nitrogens with zero attached hydrogens (tertiary/aromatic N) is 1. The Labute approximate surface area is 148 Å². The Hall–Kier alpha value is -2.19. The van der Waals surface area contributed by atoms with E-state index in [1.807, 2.05) is 31.2 Å². The van der Waals surface area contributed by atoms with Crippen LogP contribution in [-0.2, 0) is 14.4 Å². The maximum absolute atomic E-state index is 12.5. The average Bonchev–Trinajstić information content (AvgIpc) is 2.77. The molecule has 0 unspecified atom stereocenters. The van der Waals surface area contributed by atoms with Crippen molar-refractivity contribution in [2.45, 2.75) is 25.8 Å². The SMILES string of the molecule is Cc1ccc(/C=C2\SC(=S)N([C@H](CCC(=O)[O-])C(=O)[O-])C2=O)cc1. The first-order valence-electron chi connectivity index (χ1n) is 7.04. The molecule has 24 heavy (non-hydrogen) atoms. The van der Waals surface area contributed by atoms with Crippen molar-refractivity contribution in [1.29, 1.82) is 0 Å². The van der Waals surface area contributed by atoms with E-state index in [2.05, 4.69) is 0 Å². The smallest absolute Gasteiger partial charge is 0.266 e. The zero-order chi connectivity index (χ0) is 17.9. The number of aryl methyl sites for hydroxylation is 1. The van der Waals surface area contributed by atoms with Crippen LogP contribution in [-0.4, -0.2) is 33.1 Å². The quantitative estimate of drug-likeness (QED) is 0.511. The van der Waals surface area contributed by atoms with E-state index in [1.54, 1.807) is 6.08 Å². The molecule has 2 rings (SSSR count). The summed E-state index contributed by atoms with van der Waals surface area (Å²) in [5, 5.41) is 21.8. The minimum atomic E-state index is -1.55. The number of carbonyl (C=O) groups excluding carboxylic acids is 3. The lowest BCUT2D eigenvalue weighted by Gasteiger charge is -2.27. The van der Waals surface area contributed by atoms with E-state index in [9.17, 15) is 24.6 Å². The standard InChI is InChI=1S/C16H15NO5S2/c1-9-2-4-10(5-3-9)8-12-14(20)17(16(23)24-12)11(15(21)22)6-7-13(18)19/h2-5,8,11H,6-7H2,1H3,(H,18,19)(H,21,22)/p-2/b12-8-/t11-/m1/s1. The summed E-state index contributed by atoms with van der Waals surface area (Å²) in [5.74, 6) is -3.52. The second-order valence-corrected chi connectivity index (χ2v) is 6.88. The van der Waals surface area contributed by atoms with E-state index in [0.717, 1.165) is 27.8 Å². The first-order chi connectivity index (χ1) is 11.3. The fourth-order valence-electron chi connectivity index (χ4n) is 2.17. The monoisotopic (exact) mass is 363 g/mol. The van der Waals surface area contributed by atoms with E-state index < -0.39 is 30.3 Å². The fourth-order valence-corrected chi connectivity index (χ4v) is 3.53. The van der Waals surface area contributed by atoms with Gasteiger partial charge in [0, 0.05) is 5.97 Å². The first-order valence-corrected chi connectivity index (χ1v) is 8.26. The van der Waals surface area contributed by atoms with Gasteiger partial charge in [-0.2, -0.15) is 0 Å². The Bertz CT molecular complexity index is 726. The van der Waals surface area contributed by atoms with Crippen LogP contribution in [0.1, 0.15) is 24.0 Å². The van der Waals surface area contributed by atoms with Gasteiger partial charge in [-0.3, -0.25) is 9.69 Å². The highest BCUT2D eigenvalue weighted by atomic mass is 32.2. The number of hydrogen-bond acceptors (Lipinski definition) is 7. The van der Waals surface area contributed by atoms with Gasteiger partial charge in [-0.1, -0.05) is 53.8 Å². The van der Waals surface area contributed by atoms with Gasteiger partial charge in [-0.05, 0) is 31.4 Å². The molecule has 1 aliphatic rings. The summed E-state index contributed by atoms with van der Waals surface area (Å²) in [7, 11) is 0. The first kappa shape index (κ1) is 18.2. The molecule has 0 radical (unpaired) electrons. The Morgan fingerprint density at radius 3 is 2.46 bits per heavy atom. The zero-order valence-electron chi connectivity index (χ0n) is 12.7. The number of carboxylic acids is 2. The Kier molecular flexibility index (Phi) is 5.74. The van der Waals surface area contributed by atoms with Gasteiger partial charge >= 0.3 is 0 Å². The van der Waals surface area contributed by atoms with Gasteiger partial charge in [0.05, 0.1) is 16.9 Å². The molecular weight excluding hydrogens is 350 g/mol. The second kappa shape index (κ2) is 7.59. The molecule has 1 aromatic carbocycles. The molecule has 1 saturated heterocycles. The molecule has 0 saturated carbocycles. The fraction of sp³-hybridized carbons (Fsp3) is 0.250. The van der Waals surface area contributed by atoms with Crippen molar-refractivity contribution in [1.82, 2.24) is 4.90 Å². The van der Waals surface area contributed by atoms with Crippen molar-refractivity contribution in [2.24, 2.45) is 0 Å². The number of thiocarbonyl (C=S) groups is 1. The van der Waals surface area contributed by atoms with Crippen molar-refractivity contribution in [3.8, 4) is 0 Å². The third-order valence-electron chi connectivity index (χ3n) is 3.40. The molecule has 0 aromatic heterocycles. The van der Waals surface area contributed by atoms with Crippen molar-refractivity contribution < 1.29 is 24.6 Å². The third-order valence-corrected chi connectivity index (χ3v) is 4.73. The number of thioether (sulfide) groups is 1. The van der Waals surface area contributed by atoms with Crippen LogP contribution in [0.15, 0.2) is 29.2 Å². The number of hydrogen-bond donors (Lipinski definition) is 0. The number of aliphatic carboxylic acids is 2. The third kappa shape index (κ3) is 4.21. The molecule has 6 nitrogen and oxygen atoms in total. The Morgan fingerprint density at radius 2 is 1.92 bits per heavy atom. The van der Waals surface area contributed by atoms with Crippen molar-refractivity contribution in [2.75, 3.05) is 0 Å². The molecule has 0 N–H and O–H groups in total. The largest absolute Gasteiger partial charge is 0.550 e. The minimum absolute atomic E-state index is 0.0610. The molecule has 0 spiro atoms. The van der Waals surface area contributed by atoms with Crippen molar-refractivity contribution in [3.05, 3.63) is 40.3 Å². The van der Waals surface area contributed by atoms with E-state index in [-0.39, 0.29) is 15.6 Å². The van der Waals surface area contributed by atoms with Crippen LogP contribution in [0.3, 0.4) is 0 Å². The summed E-state index contributed by atoms with van der Waals surface area (Å²) >= 11 is 6.06. The van der Waals surface area contributed by atoms with Gasteiger partial charge in [0.2, 0.25) is 0 Å². The lowest BCUT2D eigenvalue weighted by molar-refractivity contribution is -0.311. The normalized spacial score (nSPS) is 17.4. The molecule has 1 fully saturated rings. The number of carboxylic acid groups (broad SMARTS) is 2. The lowest BCUT2D eigenvalue weighted by atomic mass is 10.1. The van der Waals surface area contributed by atoms with Gasteiger partial charge < -0.3 is 19.8 Å². The maximum atomic E-state index is 12.5. The highest BCUT2D eigenvalue weighted by molar-refractivity contribution is 8.26. The Balaban J connectivity index is 2.24. The summed E-state index contributed by atoms with van der Waals surface area (Å²) in [6.45, 7) is 1.94. The van der Waals surface area contributed by atoms with Crippen molar-refractivity contribution in [3.63, 3.8) is 0 Å². The van der Waals surface area contributed by atoms with Crippen LogP contribution in [0.4, 0.5) is 0 Å². The van der Waals surface area contributed by atoms with Crippen LogP contribution < -0.4 is 10.2 Å². The van der Waals surface area contributed by atoms with Gasteiger partial charge in [0.25, 0.3) is 5.91 Å². The van der Waals surface area contributed by atoms with Gasteiger partial charge in [-0.25, -0.2) is 0 Å². The number of benzene rings is 1. The summed E-state index contributed by atoms with van der Waals surface area (Å²) in [6.07, 6.45) is 0.783. The number of rotatable bonds is 6. The molecule has 0 aliphatic carbocycles. The molecule has 1 aromatic rings. The van der Waals surface area contributed by atoms with Crippen LogP contribution in [0, 0.1) is 6.92 Å². The molecule has 1 aliphatic heterocycles. The molecule has 126 valence electrons. The highest BCUT2D eigenvalue weighted by Crippen LogP contribution is 2.34. The zero-order valence-corrected chi connectivity index (χ0v) is 14.3. The van der Waals surface area contributed by atoms with Crippen LogP contribution in [0.25, 0.3) is 6.08 Å². The summed E-state index contributed by atoms with van der Waals surface area (Å²) < 4.78 is 0.0610. The van der Waals surface area contributed by atoms with Gasteiger partial charge in [0.1, 0.15) is 4.32 Å². The second-order valence-electron chi connectivity index (χ2n) is 5.21.